The molecule has 8 heteroatoms. The molecule has 1 saturated heterocycles. The summed E-state index contributed by atoms with van der Waals surface area (Å²) in [5.41, 5.74) is 6.80. The quantitative estimate of drug-likeness (QED) is 0.627. The molecule has 30 heavy (non-hydrogen) atoms. The molecule has 0 unspecified atom stereocenters. The van der Waals surface area contributed by atoms with E-state index < -0.39 is 17.9 Å². The highest BCUT2D eigenvalue weighted by molar-refractivity contribution is 6.09. The highest BCUT2D eigenvalue weighted by Crippen LogP contribution is 2.22. The van der Waals surface area contributed by atoms with Gasteiger partial charge < -0.3 is 20.7 Å². The van der Waals surface area contributed by atoms with Crippen LogP contribution >= 0.6 is 0 Å². The second kappa shape index (κ2) is 10.0. The molecule has 0 saturated carbocycles. The largest absolute Gasteiger partial charge is 0.370 e. The van der Waals surface area contributed by atoms with Crippen molar-refractivity contribution in [1.82, 2.24) is 4.90 Å². The van der Waals surface area contributed by atoms with Crippen molar-refractivity contribution in [3.8, 4) is 0 Å². The third-order valence-corrected chi connectivity index (χ3v) is 4.59. The fourth-order valence-electron chi connectivity index (χ4n) is 3.54. The average molecular weight is 419 g/mol. The predicted octanol–water partition coefficient (Wildman–Crippen LogP) is 1.85. The second-order valence-electron chi connectivity index (χ2n) is 9.32. The first kappa shape index (κ1) is 23.8. The van der Waals surface area contributed by atoms with Crippen LogP contribution in [0.3, 0.4) is 0 Å². The fraction of sp³-hybridized carbons (Fsp3) is 0.591. The molecule has 1 aromatic rings. The Bertz CT molecular complexity index is 755. The first-order chi connectivity index (χ1) is 14.0. The summed E-state index contributed by atoms with van der Waals surface area (Å²) in [6, 6.07) is 5.89. The number of hydrogen-bond donors (Lipinski definition) is 2. The Morgan fingerprint density at radius 2 is 1.87 bits per heavy atom. The lowest BCUT2D eigenvalue weighted by Crippen LogP contribution is -2.55. The van der Waals surface area contributed by atoms with E-state index in [4.69, 9.17) is 10.5 Å². The minimum absolute atomic E-state index is 0.0677. The van der Waals surface area contributed by atoms with Crippen LogP contribution in [0.15, 0.2) is 24.3 Å². The number of nitrogens with one attached hydrogen (secondary N) is 1. The van der Waals surface area contributed by atoms with Crippen molar-refractivity contribution in [3.05, 3.63) is 24.3 Å². The maximum atomic E-state index is 13.0. The fourth-order valence-corrected chi connectivity index (χ4v) is 3.54. The number of morpholine rings is 1. The number of anilines is 2. The number of amides is 3. The average Bonchev–Trinajstić information content (AvgIpc) is 2.60. The Morgan fingerprint density at radius 3 is 2.37 bits per heavy atom. The molecule has 1 aliphatic heterocycles. The van der Waals surface area contributed by atoms with Gasteiger partial charge in [0.2, 0.25) is 5.91 Å². The molecule has 166 valence electrons. The van der Waals surface area contributed by atoms with Gasteiger partial charge in [0.1, 0.15) is 6.61 Å². The minimum atomic E-state index is -1.06. The lowest BCUT2D eigenvalue weighted by molar-refractivity contribution is -0.133. The number of nitrogens with zero attached hydrogens (tertiary/aromatic N) is 2. The van der Waals surface area contributed by atoms with Crippen LogP contribution in [0.4, 0.5) is 11.4 Å². The van der Waals surface area contributed by atoms with Crippen molar-refractivity contribution in [2.24, 2.45) is 17.1 Å². The van der Waals surface area contributed by atoms with Crippen LogP contribution in [0.1, 0.15) is 34.6 Å². The van der Waals surface area contributed by atoms with Crippen LogP contribution in [0.25, 0.3) is 0 Å². The third-order valence-electron chi connectivity index (χ3n) is 4.59. The number of nitrogens with two attached hydrogens (primary N) is 1. The number of hydrogen-bond acceptors (Lipinski definition) is 5. The Balaban J connectivity index is 2.15. The maximum Gasteiger partial charge on any atom is 0.253 e. The van der Waals surface area contributed by atoms with Crippen molar-refractivity contribution < 1.29 is 19.1 Å². The molecule has 0 aromatic heterocycles. The van der Waals surface area contributed by atoms with Gasteiger partial charge in [-0.3, -0.25) is 19.3 Å². The highest BCUT2D eigenvalue weighted by atomic mass is 16.5. The molecule has 0 bridgehead atoms. The van der Waals surface area contributed by atoms with Gasteiger partial charge in [0.15, 0.2) is 6.04 Å². The zero-order valence-electron chi connectivity index (χ0n) is 18.6. The van der Waals surface area contributed by atoms with Crippen molar-refractivity contribution in [3.63, 3.8) is 0 Å². The van der Waals surface area contributed by atoms with E-state index in [9.17, 15) is 14.4 Å². The first-order valence-electron chi connectivity index (χ1n) is 10.3. The predicted molar refractivity (Wildman–Crippen MR) is 117 cm³/mol. The molecule has 1 aliphatic rings. The summed E-state index contributed by atoms with van der Waals surface area (Å²) in [4.78, 5) is 40.6. The smallest absolute Gasteiger partial charge is 0.253 e. The lowest BCUT2D eigenvalue weighted by atomic mass is 9.94. The van der Waals surface area contributed by atoms with Crippen LogP contribution in [0, 0.1) is 11.3 Å². The number of carbonyl (C=O) groups is 3. The molecule has 0 radical (unpaired) electrons. The maximum absolute atomic E-state index is 13.0. The minimum Gasteiger partial charge on any atom is -0.370 e. The van der Waals surface area contributed by atoms with Gasteiger partial charge in [0.25, 0.3) is 11.8 Å². The van der Waals surface area contributed by atoms with E-state index in [1.165, 1.54) is 0 Å². The normalized spacial score (nSPS) is 16.1. The van der Waals surface area contributed by atoms with Crippen LogP contribution < -0.4 is 16.0 Å². The Kier molecular flexibility index (Phi) is 7.97. The van der Waals surface area contributed by atoms with Gasteiger partial charge in [0.05, 0.1) is 6.61 Å². The summed E-state index contributed by atoms with van der Waals surface area (Å²) in [6.07, 6.45) is 0. The van der Waals surface area contributed by atoms with Crippen LogP contribution in [0.2, 0.25) is 0 Å². The first-order valence-corrected chi connectivity index (χ1v) is 10.3. The SMILES string of the molecule is CC(C)CN(CC(C)(C)C)[C@@H](C(N)=O)C(=O)Nc1ccc(N2CCOCC2=O)cc1. The summed E-state index contributed by atoms with van der Waals surface area (Å²) >= 11 is 0. The molecule has 2 rings (SSSR count). The third kappa shape index (κ3) is 6.81. The second-order valence-corrected chi connectivity index (χ2v) is 9.32. The number of carbonyl (C=O) groups excluding carboxylic acids is 3. The van der Waals surface area contributed by atoms with Gasteiger partial charge in [-0.15, -0.1) is 0 Å². The van der Waals surface area contributed by atoms with Crippen molar-refractivity contribution in [2.45, 2.75) is 40.7 Å². The molecule has 1 fully saturated rings. The Hall–Kier alpha value is -2.45. The summed E-state index contributed by atoms with van der Waals surface area (Å²) in [6.45, 7) is 12.4. The molecule has 3 N–H and O–H groups in total. The molecule has 1 aromatic carbocycles. The van der Waals surface area contributed by atoms with Gasteiger partial charge in [-0.05, 0) is 35.6 Å². The number of benzene rings is 1. The van der Waals surface area contributed by atoms with E-state index >= 15 is 0 Å². The Labute approximate surface area is 178 Å². The Morgan fingerprint density at radius 1 is 1.23 bits per heavy atom. The lowest BCUT2D eigenvalue weighted by Gasteiger charge is -2.35. The summed E-state index contributed by atoms with van der Waals surface area (Å²) in [5, 5.41) is 2.79. The van der Waals surface area contributed by atoms with Crippen molar-refractivity contribution >= 4 is 29.1 Å². The molecule has 3 amide bonds. The summed E-state index contributed by atoms with van der Waals surface area (Å²) < 4.78 is 5.15. The molecule has 0 spiro atoms. The zero-order chi connectivity index (χ0) is 22.5. The van der Waals surface area contributed by atoms with Crippen LogP contribution in [-0.2, 0) is 19.1 Å². The summed E-state index contributed by atoms with van der Waals surface area (Å²) in [7, 11) is 0. The molecule has 1 heterocycles. The molecular formula is C22H34N4O4. The van der Waals surface area contributed by atoms with Crippen molar-refractivity contribution in [2.75, 3.05) is 43.1 Å². The van der Waals surface area contributed by atoms with E-state index in [2.05, 4.69) is 26.1 Å². The number of ether oxygens (including phenoxy) is 1. The van der Waals surface area contributed by atoms with Gasteiger partial charge in [-0.1, -0.05) is 34.6 Å². The number of primary amides is 1. The number of rotatable bonds is 8. The van der Waals surface area contributed by atoms with Crippen LogP contribution in [-0.4, -0.2) is 61.5 Å². The van der Waals surface area contributed by atoms with Crippen LogP contribution in [0.5, 0.6) is 0 Å². The monoisotopic (exact) mass is 418 g/mol. The van der Waals surface area contributed by atoms with Gasteiger partial charge >= 0.3 is 0 Å². The topological polar surface area (TPSA) is 105 Å². The highest BCUT2D eigenvalue weighted by Gasteiger charge is 2.34. The summed E-state index contributed by atoms with van der Waals surface area (Å²) in [5.74, 6) is -0.957. The molecule has 1 atom stereocenters. The molecule has 8 nitrogen and oxygen atoms in total. The van der Waals surface area contributed by atoms with Gasteiger partial charge in [0, 0.05) is 31.0 Å². The van der Waals surface area contributed by atoms with E-state index in [0.717, 1.165) is 5.69 Å². The van der Waals surface area contributed by atoms with E-state index in [-0.39, 0.29) is 23.8 Å². The standard InChI is InChI=1S/C22H34N4O4/c1-15(2)12-25(14-22(3,4)5)19(20(23)28)21(29)24-16-6-8-17(9-7-16)26-10-11-30-13-18(26)27/h6-9,15,19H,10-14H2,1-5H3,(H2,23,28)(H,24,29)/t19-/m0/s1. The van der Waals surface area contributed by atoms with E-state index in [0.29, 0.717) is 31.9 Å². The van der Waals surface area contributed by atoms with E-state index in [1.807, 2.05) is 18.7 Å². The molecular weight excluding hydrogens is 384 g/mol. The zero-order valence-corrected chi connectivity index (χ0v) is 18.6. The van der Waals surface area contributed by atoms with Gasteiger partial charge in [-0.2, -0.15) is 0 Å². The van der Waals surface area contributed by atoms with Gasteiger partial charge in [-0.25, -0.2) is 0 Å². The molecule has 0 aliphatic carbocycles. The van der Waals surface area contributed by atoms with Crippen molar-refractivity contribution in [1.29, 1.82) is 0 Å². The van der Waals surface area contributed by atoms with E-state index in [1.54, 1.807) is 29.2 Å².